The first-order valence-corrected chi connectivity index (χ1v) is 4.74. The average molecular weight is 206 g/mol. The lowest BCUT2D eigenvalue weighted by molar-refractivity contribution is 0.475. The second kappa shape index (κ2) is 3.73. The first-order chi connectivity index (χ1) is 7.20. The molecule has 3 nitrogen and oxygen atoms in total. The number of nitrogens with zero attached hydrogens (tertiary/aromatic N) is 1. The van der Waals surface area contributed by atoms with Crippen molar-refractivity contribution in [3.63, 3.8) is 0 Å². The molecular formula is C11H11FN2O. The number of H-pyrrole nitrogens is 1. The van der Waals surface area contributed by atoms with Crippen molar-refractivity contribution in [1.82, 2.24) is 9.97 Å². The van der Waals surface area contributed by atoms with Crippen LogP contribution in [0.15, 0.2) is 24.4 Å². The van der Waals surface area contributed by atoms with Crippen LogP contribution < -0.4 is 0 Å². The minimum Gasteiger partial charge on any atom is -0.507 e. The predicted octanol–water partition coefficient (Wildman–Crippen LogP) is 2.48. The van der Waals surface area contributed by atoms with E-state index < -0.39 is 5.82 Å². The molecule has 0 fully saturated rings. The Labute approximate surface area is 86.6 Å². The lowest BCUT2D eigenvalue weighted by atomic mass is 10.2. The van der Waals surface area contributed by atoms with Crippen LogP contribution in [-0.2, 0) is 6.42 Å². The predicted molar refractivity (Wildman–Crippen MR) is 55.0 cm³/mol. The molecule has 0 saturated heterocycles. The quantitative estimate of drug-likeness (QED) is 0.793. The van der Waals surface area contributed by atoms with E-state index in [0.29, 0.717) is 11.4 Å². The Morgan fingerprint density at radius 1 is 1.47 bits per heavy atom. The van der Waals surface area contributed by atoms with E-state index in [1.54, 1.807) is 6.20 Å². The van der Waals surface area contributed by atoms with Gasteiger partial charge in [-0.1, -0.05) is 6.92 Å². The minimum atomic E-state index is -0.391. The van der Waals surface area contributed by atoms with E-state index in [9.17, 15) is 9.50 Å². The van der Waals surface area contributed by atoms with E-state index >= 15 is 0 Å². The van der Waals surface area contributed by atoms with Crippen LogP contribution in [0.5, 0.6) is 5.75 Å². The highest BCUT2D eigenvalue weighted by atomic mass is 19.1. The zero-order valence-corrected chi connectivity index (χ0v) is 8.29. The number of benzene rings is 1. The van der Waals surface area contributed by atoms with Gasteiger partial charge in [0.15, 0.2) is 0 Å². The number of aromatic nitrogens is 2. The van der Waals surface area contributed by atoms with Crippen molar-refractivity contribution in [2.24, 2.45) is 0 Å². The van der Waals surface area contributed by atoms with Crippen LogP contribution in [0.25, 0.3) is 11.4 Å². The van der Waals surface area contributed by atoms with Gasteiger partial charge in [-0.15, -0.1) is 0 Å². The third-order valence-corrected chi connectivity index (χ3v) is 2.21. The maximum atomic E-state index is 13.0. The fourth-order valence-corrected chi connectivity index (χ4v) is 1.38. The zero-order valence-electron chi connectivity index (χ0n) is 8.29. The van der Waals surface area contributed by atoms with Crippen LogP contribution >= 0.6 is 0 Å². The number of hydrogen-bond donors (Lipinski definition) is 2. The topological polar surface area (TPSA) is 48.9 Å². The number of hydrogen-bond acceptors (Lipinski definition) is 2. The van der Waals surface area contributed by atoms with Gasteiger partial charge in [-0.3, -0.25) is 0 Å². The molecule has 78 valence electrons. The molecule has 1 heterocycles. The number of phenolic OH excluding ortho intramolecular Hbond substituents is 1. The number of aryl methyl sites for hydroxylation is 1. The molecule has 15 heavy (non-hydrogen) atoms. The van der Waals surface area contributed by atoms with Crippen molar-refractivity contribution < 1.29 is 9.50 Å². The normalized spacial score (nSPS) is 10.5. The summed E-state index contributed by atoms with van der Waals surface area (Å²) in [6.07, 6.45) is 2.55. The molecule has 1 aromatic carbocycles. The Morgan fingerprint density at radius 3 is 2.93 bits per heavy atom. The van der Waals surface area contributed by atoms with Crippen LogP contribution in [-0.4, -0.2) is 15.1 Å². The van der Waals surface area contributed by atoms with E-state index in [2.05, 4.69) is 9.97 Å². The van der Waals surface area contributed by atoms with Crippen LogP contribution in [0.1, 0.15) is 12.6 Å². The highest BCUT2D eigenvalue weighted by molar-refractivity contribution is 5.63. The molecule has 0 aliphatic rings. The number of aromatic hydroxyl groups is 1. The highest BCUT2D eigenvalue weighted by Crippen LogP contribution is 2.27. The molecule has 0 saturated carbocycles. The van der Waals surface area contributed by atoms with Crippen LogP contribution in [0, 0.1) is 5.82 Å². The van der Waals surface area contributed by atoms with Crippen LogP contribution in [0.2, 0.25) is 0 Å². The molecule has 0 amide bonds. The van der Waals surface area contributed by atoms with Crippen LogP contribution in [0.4, 0.5) is 4.39 Å². The summed E-state index contributed by atoms with van der Waals surface area (Å²) >= 11 is 0. The van der Waals surface area contributed by atoms with Gasteiger partial charge in [0.1, 0.15) is 17.4 Å². The van der Waals surface area contributed by atoms with Gasteiger partial charge >= 0.3 is 0 Å². The van der Waals surface area contributed by atoms with Crippen molar-refractivity contribution in [2.75, 3.05) is 0 Å². The third-order valence-electron chi connectivity index (χ3n) is 2.21. The molecule has 2 rings (SSSR count). The standard InChI is InChI=1S/C11H11FN2O/c1-2-8-6-13-11(14-8)9-5-7(12)3-4-10(9)15/h3-6,15H,2H2,1H3,(H,13,14). The lowest BCUT2D eigenvalue weighted by Gasteiger charge is -2.00. The summed E-state index contributed by atoms with van der Waals surface area (Å²) < 4.78 is 13.0. The molecule has 0 spiro atoms. The average Bonchev–Trinajstić information content (AvgIpc) is 2.70. The summed E-state index contributed by atoms with van der Waals surface area (Å²) in [5.74, 6) is 0.120. The molecule has 4 heteroatoms. The van der Waals surface area contributed by atoms with Gasteiger partial charge < -0.3 is 10.1 Å². The van der Waals surface area contributed by atoms with E-state index in [1.165, 1.54) is 18.2 Å². The molecule has 0 aliphatic heterocycles. The fraction of sp³-hybridized carbons (Fsp3) is 0.182. The maximum absolute atomic E-state index is 13.0. The highest BCUT2D eigenvalue weighted by Gasteiger charge is 2.09. The molecule has 0 radical (unpaired) electrons. The van der Waals surface area contributed by atoms with Crippen LogP contribution in [0.3, 0.4) is 0 Å². The molecule has 0 bridgehead atoms. The molecule has 0 atom stereocenters. The molecular weight excluding hydrogens is 195 g/mol. The number of phenols is 1. The molecule has 2 aromatic rings. The molecule has 0 unspecified atom stereocenters. The van der Waals surface area contributed by atoms with Gasteiger partial charge in [0.05, 0.1) is 11.3 Å². The van der Waals surface area contributed by atoms with Gasteiger partial charge in [0.25, 0.3) is 0 Å². The Balaban J connectivity index is 2.48. The van der Waals surface area contributed by atoms with E-state index in [4.69, 9.17) is 0 Å². The van der Waals surface area contributed by atoms with Crippen molar-refractivity contribution in [1.29, 1.82) is 0 Å². The first-order valence-electron chi connectivity index (χ1n) is 4.74. The van der Waals surface area contributed by atoms with Gasteiger partial charge in [0, 0.05) is 6.20 Å². The number of aromatic amines is 1. The van der Waals surface area contributed by atoms with Crippen molar-refractivity contribution in [2.45, 2.75) is 13.3 Å². The smallest absolute Gasteiger partial charge is 0.141 e. The largest absolute Gasteiger partial charge is 0.507 e. The second-order valence-electron chi connectivity index (χ2n) is 3.26. The Morgan fingerprint density at radius 2 is 2.27 bits per heavy atom. The number of rotatable bonds is 2. The van der Waals surface area contributed by atoms with Crippen molar-refractivity contribution >= 4 is 0 Å². The van der Waals surface area contributed by atoms with E-state index in [0.717, 1.165) is 12.1 Å². The first kappa shape index (κ1) is 9.71. The van der Waals surface area contributed by atoms with Gasteiger partial charge in [-0.25, -0.2) is 9.37 Å². The second-order valence-corrected chi connectivity index (χ2v) is 3.26. The van der Waals surface area contributed by atoms with Gasteiger partial charge in [-0.05, 0) is 24.6 Å². The summed E-state index contributed by atoms with van der Waals surface area (Å²) in [7, 11) is 0. The van der Waals surface area contributed by atoms with Crippen molar-refractivity contribution in [3.05, 3.63) is 35.9 Å². The monoisotopic (exact) mass is 206 g/mol. The number of halogens is 1. The Hall–Kier alpha value is -1.84. The lowest BCUT2D eigenvalue weighted by Crippen LogP contribution is -1.85. The zero-order chi connectivity index (χ0) is 10.8. The summed E-state index contributed by atoms with van der Waals surface area (Å²) in [5.41, 5.74) is 1.27. The summed E-state index contributed by atoms with van der Waals surface area (Å²) in [5, 5.41) is 9.54. The van der Waals surface area contributed by atoms with Crippen molar-refractivity contribution in [3.8, 4) is 17.1 Å². The Kier molecular flexibility index (Phi) is 2.41. The molecule has 0 aliphatic carbocycles. The number of imidazole rings is 1. The SMILES string of the molecule is CCc1c[nH]c(-c2cc(F)ccc2O)n1. The number of nitrogens with one attached hydrogen (secondary N) is 1. The van der Waals surface area contributed by atoms with Gasteiger partial charge in [-0.2, -0.15) is 0 Å². The third kappa shape index (κ3) is 1.83. The fourth-order valence-electron chi connectivity index (χ4n) is 1.38. The minimum absolute atomic E-state index is 0.0217. The maximum Gasteiger partial charge on any atom is 0.141 e. The van der Waals surface area contributed by atoms with E-state index in [-0.39, 0.29) is 5.75 Å². The molecule has 2 N–H and O–H groups in total. The summed E-state index contributed by atoms with van der Waals surface area (Å²) in [6, 6.07) is 3.79. The summed E-state index contributed by atoms with van der Waals surface area (Å²) in [6.45, 7) is 1.98. The molecule has 1 aromatic heterocycles. The Bertz CT molecular complexity index is 479. The van der Waals surface area contributed by atoms with Gasteiger partial charge in [0.2, 0.25) is 0 Å². The summed E-state index contributed by atoms with van der Waals surface area (Å²) in [4.78, 5) is 7.12. The van der Waals surface area contributed by atoms with E-state index in [1.807, 2.05) is 6.92 Å².